The van der Waals surface area contributed by atoms with Crippen LogP contribution in [0.2, 0.25) is 0 Å². The van der Waals surface area contributed by atoms with Gasteiger partial charge in [0.2, 0.25) is 15.9 Å². The van der Waals surface area contributed by atoms with Crippen molar-refractivity contribution < 1.29 is 13.2 Å². The van der Waals surface area contributed by atoms with Crippen LogP contribution in [0.3, 0.4) is 0 Å². The van der Waals surface area contributed by atoms with Crippen LogP contribution in [0.4, 0.5) is 0 Å². The van der Waals surface area contributed by atoms with Crippen molar-refractivity contribution in [3.05, 3.63) is 29.8 Å². The molecule has 1 aromatic carbocycles. The maximum absolute atomic E-state index is 12.5. The molecule has 1 aliphatic heterocycles. The SMILES string of the molecule is CCN(CC)S(=O)(=O)c1ccc(CNC(=O)CC(C)C2CCCNC2)cc1. The third-order valence-corrected chi connectivity index (χ3v) is 7.47. The van der Waals surface area contributed by atoms with Crippen LogP contribution < -0.4 is 10.6 Å². The first-order chi connectivity index (χ1) is 12.9. The van der Waals surface area contributed by atoms with Gasteiger partial charge in [-0.3, -0.25) is 4.79 Å². The fraction of sp³-hybridized carbons (Fsp3) is 0.650. The van der Waals surface area contributed by atoms with Gasteiger partial charge in [-0.1, -0.05) is 32.9 Å². The van der Waals surface area contributed by atoms with Crippen molar-refractivity contribution in [3.8, 4) is 0 Å². The van der Waals surface area contributed by atoms with Crippen LogP contribution in [0, 0.1) is 11.8 Å². The fourth-order valence-corrected chi connectivity index (χ4v) is 5.05. The topological polar surface area (TPSA) is 78.5 Å². The second-order valence-corrected chi connectivity index (χ2v) is 9.24. The Bertz CT molecular complexity index is 694. The summed E-state index contributed by atoms with van der Waals surface area (Å²) in [4.78, 5) is 12.5. The van der Waals surface area contributed by atoms with E-state index in [4.69, 9.17) is 0 Å². The number of carbonyl (C=O) groups excluding carboxylic acids is 1. The molecule has 2 atom stereocenters. The van der Waals surface area contributed by atoms with Crippen molar-refractivity contribution in [1.82, 2.24) is 14.9 Å². The molecule has 2 N–H and O–H groups in total. The minimum atomic E-state index is -3.44. The molecule has 1 aliphatic rings. The lowest BCUT2D eigenvalue weighted by molar-refractivity contribution is -0.122. The summed E-state index contributed by atoms with van der Waals surface area (Å²) >= 11 is 0. The Morgan fingerprint density at radius 3 is 2.48 bits per heavy atom. The Kier molecular flexibility index (Phi) is 8.26. The standard InChI is InChI=1S/C20H33N3O3S/c1-4-23(5-2)27(25,26)19-10-8-17(9-11-19)14-22-20(24)13-16(3)18-7-6-12-21-15-18/h8-11,16,18,21H,4-7,12-15H2,1-3H3,(H,22,24). The average Bonchev–Trinajstić information content (AvgIpc) is 2.68. The number of hydrogen-bond acceptors (Lipinski definition) is 4. The highest BCUT2D eigenvalue weighted by molar-refractivity contribution is 7.89. The van der Waals surface area contributed by atoms with Gasteiger partial charge in [0.15, 0.2) is 0 Å². The van der Waals surface area contributed by atoms with E-state index in [2.05, 4.69) is 17.6 Å². The van der Waals surface area contributed by atoms with Gasteiger partial charge >= 0.3 is 0 Å². The lowest BCUT2D eigenvalue weighted by Crippen LogP contribution is -2.35. The van der Waals surface area contributed by atoms with Crippen LogP contribution in [0.5, 0.6) is 0 Å². The van der Waals surface area contributed by atoms with Crippen LogP contribution in [-0.2, 0) is 21.4 Å². The summed E-state index contributed by atoms with van der Waals surface area (Å²) in [6, 6.07) is 6.77. The third kappa shape index (κ3) is 6.02. The second kappa shape index (κ2) is 10.2. The first-order valence-electron chi connectivity index (χ1n) is 9.95. The summed E-state index contributed by atoms with van der Waals surface area (Å²) in [6.07, 6.45) is 2.89. The molecule has 0 radical (unpaired) electrons. The smallest absolute Gasteiger partial charge is 0.243 e. The van der Waals surface area contributed by atoms with Crippen molar-refractivity contribution in [1.29, 1.82) is 0 Å². The Morgan fingerprint density at radius 2 is 1.93 bits per heavy atom. The van der Waals surface area contributed by atoms with Gasteiger partial charge in [-0.2, -0.15) is 4.31 Å². The molecule has 0 saturated carbocycles. The molecular formula is C20H33N3O3S. The van der Waals surface area contributed by atoms with Crippen molar-refractivity contribution >= 4 is 15.9 Å². The van der Waals surface area contributed by atoms with Crippen LogP contribution >= 0.6 is 0 Å². The van der Waals surface area contributed by atoms with Crippen LogP contribution in [-0.4, -0.2) is 44.8 Å². The molecule has 1 aromatic rings. The highest BCUT2D eigenvalue weighted by atomic mass is 32.2. The quantitative estimate of drug-likeness (QED) is 0.673. The summed E-state index contributed by atoms with van der Waals surface area (Å²) in [5.74, 6) is 0.973. The van der Waals surface area contributed by atoms with E-state index in [1.54, 1.807) is 24.3 Å². The molecule has 1 saturated heterocycles. The number of piperidine rings is 1. The van der Waals surface area contributed by atoms with E-state index in [1.807, 2.05) is 13.8 Å². The molecular weight excluding hydrogens is 362 g/mol. The van der Waals surface area contributed by atoms with Crippen LogP contribution in [0.15, 0.2) is 29.2 Å². The molecule has 0 aromatic heterocycles. The summed E-state index contributed by atoms with van der Waals surface area (Å²) in [5, 5.41) is 6.35. The van der Waals surface area contributed by atoms with Gasteiger partial charge in [0, 0.05) is 26.1 Å². The van der Waals surface area contributed by atoms with E-state index in [0.29, 0.717) is 42.8 Å². The van der Waals surface area contributed by atoms with Crippen molar-refractivity contribution in [3.63, 3.8) is 0 Å². The average molecular weight is 396 g/mol. The van der Waals surface area contributed by atoms with Gasteiger partial charge in [0.25, 0.3) is 0 Å². The highest BCUT2D eigenvalue weighted by Crippen LogP contribution is 2.22. The summed E-state index contributed by atoms with van der Waals surface area (Å²) in [6.45, 7) is 9.19. The van der Waals surface area contributed by atoms with E-state index >= 15 is 0 Å². The number of nitrogens with one attached hydrogen (secondary N) is 2. The van der Waals surface area contributed by atoms with Gasteiger partial charge in [0.05, 0.1) is 4.90 Å². The van der Waals surface area contributed by atoms with E-state index < -0.39 is 10.0 Å². The number of carbonyl (C=O) groups is 1. The third-order valence-electron chi connectivity index (χ3n) is 5.40. The normalized spacial score (nSPS) is 19.0. The number of nitrogens with zero attached hydrogens (tertiary/aromatic N) is 1. The first kappa shape index (κ1) is 21.9. The molecule has 2 rings (SSSR count). The number of hydrogen-bond donors (Lipinski definition) is 2. The molecule has 1 amide bonds. The number of benzene rings is 1. The van der Waals surface area contributed by atoms with E-state index in [-0.39, 0.29) is 5.91 Å². The zero-order valence-electron chi connectivity index (χ0n) is 16.7. The molecule has 0 bridgehead atoms. The minimum Gasteiger partial charge on any atom is -0.352 e. The lowest BCUT2D eigenvalue weighted by Gasteiger charge is -2.28. The van der Waals surface area contributed by atoms with Crippen molar-refractivity contribution in [2.24, 2.45) is 11.8 Å². The zero-order valence-corrected chi connectivity index (χ0v) is 17.5. The van der Waals surface area contributed by atoms with Crippen molar-refractivity contribution in [2.45, 2.75) is 51.5 Å². The van der Waals surface area contributed by atoms with Gasteiger partial charge < -0.3 is 10.6 Å². The minimum absolute atomic E-state index is 0.0490. The fourth-order valence-electron chi connectivity index (χ4n) is 3.59. The van der Waals surface area contributed by atoms with Gasteiger partial charge in [-0.15, -0.1) is 0 Å². The molecule has 2 unspecified atom stereocenters. The molecule has 1 fully saturated rings. The number of rotatable bonds is 9. The molecule has 0 spiro atoms. The second-order valence-electron chi connectivity index (χ2n) is 7.30. The van der Waals surface area contributed by atoms with Crippen LogP contribution in [0.25, 0.3) is 0 Å². The molecule has 27 heavy (non-hydrogen) atoms. The Morgan fingerprint density at radius 1 is 1.26 bits per heavy atom. The van der Waals surface area contributed by atoms with Crippen molar-refractivity contribution in [2.75, 3.05) is 26.2 Å². The first-order valence-corrected chi connectivity index (χ1v) is 11.4. The number of amides is 1. The van der Waals surface area contributed by atoms with E-state index in [0.717, 1.165) is 18.7 Å². The highest BCUT2D eigenvalue weighted by Gasteiger charge is 2.22. The van der Waals surface area contributed by atoms with E-state index in [9.17, 15) is 13.2 Å². The maximum atomic E-state index is 12.5. The Hall–Kier alpha value is -1.44. The molecule has 152 valence electrons. The molecule has 7 heteroatoms. The summed E-state index contributed by atoms with van der Waals surface area (Å²) in [7, 11) is -3.44. The number of sulfonamides is 1. The maximum Gasteiger partial charge on any atom is 0.243 e. The van der Waals surface area contributed by atoms with Gasteiger partial charge in [0.1, 0.15) is 0 Å². The summed E-state index contributed by atoms with van der Waals surface area (Å²) < 4.78 is 26.4. The predicted octanol–water partition coefficient (Wildman–Crippen LogP) is 2.36. The Labute approximate surface area is 163 Å². The predicted molar refractivity (Wildman–Crippen MR) is 108 cm³/mol. The Balaban J connectivity index is 1.86. The molecule has 6 nitrogen and oxygen atoms in total. The summed E-state index contributed by atoms with van der Waals surface area (Å²) in [5.41, 5.74) is 0.897. The lowest BCUT2D eigenvalue weighted by atomic mass is 9.85. The molecule has 1 heterocycles. The largest absolute Gasteiger partial charge is 0.352 e. The van der Waals surface area contributed by atoms with Crippen LogP contribution in [0.1, 0.15) is 45.6 Å². The molecule has 0 aliphatic carbocycles. The van der Waals surface area contributed by atoms with E-state index in [1.165, 1.54) is 17.1 Å². The van der Waals surface area contributed by atoms with Gasteiger partial charge in [-0.25, -0.2) is 8.42 Å². The van der Waals surface area contributed by atoms with Gasteiger partial charge in [-0.05, 0) is 55.5 Å². The zero-order chi connectivity index (χ0) is 19.9. The monoisotopic (exact) mass is 395 g/mol.